The maximum absolute atomic E-state index is 11.4. The van der Waals surface area contributed by atoms with Crippen molar-refractivity contribution in [1.82, 2.24) is 9.80 Å². The maximum Gasteiger partial charge on any atom is 0.310 e. The largest absolute Gasteiger partial charge is 0.469 e. The highest BCUT2D eigenvalue weighted by Crippen LogP contribution is 2.17. The molecule has 1 unspecified atom stereocenters. The second-order valence-electron chi connectivity index (χ2n) is 4.69. The van der Waals surface area contributed by atoms with Crippen LogP contribution in [0.25, 0.3) is 0 Å². The van der Waals surface area contributed by atoms with Gasteiger partial charge < -0.3 is 14.5 Å². The van der Waals surface area contributed by atoms with Gasteiger partial charge >= 0.3 is 5.97 Å². The van der Waals surface area contributed by atoms with Crippen LogP contribution >= 0.6 is 0 Å². The normalized spacial score (nSPS) is 21.1. The van der Waals surface area contributed by atoms with Crippen LogP contribution in [-0.2, 0) is 9.53 Å². The lowest BCUT2D eigenvalue weighted by Crippen LogP contribution is -2.29. The molecule has 4 heteroatoms. The van der Waals surface area contributed by atoms with Gasteiger partial charge in [0.25, 0.3) is 0 Å². The van der Waals surface area contributed by atoms with Gasteiger partial charge in [-0.2, -0.15) is 0 Å². The Balaban J connectivity index is 2.15. The van der Waals surface area contributed by atoms with Crippen LogP contribution in [0.5, 0.6) is 0 Å². The van der Waals surface area contributed by atoms with Crippen LogP contribution in [0.4, 0.5) is 0 Å². The highest BCUT2D eigenvalue weighted by atomic mass is 16.5. The molecule has 0 aromatic heterocycles. The SMILES string of the molecule is CCN(CC)CCCN1CCC(C(=O)OC)C1. The van der Waals surface area contributed by atoms with E-state index in [-0.39, 0.29) is 11.9 Å². The summed E-state index contributed by atoms with van der Waals surface area (Å²) in [4.78, 5) is 16.2. The van der Waals surface area contributed by atoms with Crippen molar-refractivity contribution in [2.75, 3.05) is 46.4 Å². The minimum Gasteiger partial charge on any atom is -0.469 e. The van der Waals surface area contributed by atoms with E-state index in [0.717, 1.165) is 45.7 Å². The number of likely N-dealkylation sites (tertiary alicyclic amines) is 1. The van der Waals surface area contributed by atoms with Crippen molar-refractivity contribution >= 4 is 5.97 Å². The third-order valence-corrected chi connectivity index (χ3v) is 3.65. The van der Waals surface area contributed by atoms with E-state index in [4.69, 9.17) is 4.74 Å². The van der Waals surface area contributed by atoms with E-state index >= 15 is 0 Å². The van der Waals surface area contributed by atoms with Gasteiger partial charge in [0.15, 0.2) is 0 Å². The highest BCUT2D eigenvalue weighted by Gasteiger charge is 2.28. The molecule has 4 nitrogen and oxygen atoms in total. The average Bonchev–Trinajstić information content (AvgIpc) is 2.82. The van der Waals surface area contributed by atoms with Gasteiger partial charge in [-0.25, -0.2) is 0 Å². The molecule has 0 spiro atoms. The first-order valence-electron chi connectivity index (χ1n) is 6.73. The van der Waals surface area contributed by atoms with Crippen molar-refractivity contribution in [1.29, 1.82) is 0 Å². The van der Waals surface area contributed by atoms with E-state index in [1.54, 1.807) is 0 Å². The van der Waals surface area contributed by atoms with Gasteiger partial charge in [0, 0.05) is 6.54 Å². The average molecular weight is 242 g/mol. The summed E-state index contributed by atoms with van der Waals surface area (Å²) in [6, 6.07) is 0. The fourth-order valence-corrected chi connectivity index (χ4v) is 2.45. The van der Waals surface area contributed by atoms with Crippen LogP contribution in [-0.4, -0.2) is 62.1 Å². The maximum atomic E-state index is 11.4. The van der Waals surface area contributed by atoms with Crippen molar-refractivity contribution < 1.29 is 9.53 Å². The van der Waals surface area contributed by atoms with Gasteiger partial charge in [-0.05, 0) is 45.6 Å². The van der Waals surface area contributed by atoms with Gasteiger partial charge in [0.2, 0.25) is 0 Å². The zero-order valence-electron chi connectivity index (χ0n) is 11.4. The number of methoxy groups -OCH3 is 1. The molecule has 0 aromatic carbocycles. The summed E-state index contributed by atoms with van der Waals surface area (Å²) in [5, 5.41) is 0. The number of carbonyl (C=O) groups excluding carboxylic acids is 1. The minimum atomic E-state index is -0.0451. The summed E-state index contributed by atoms with van der Waals surface area (Å²) in [6.07, 6.45) is 2.15. The predicted octanol–water partition coefficient (Wildman–Crippen LogP) is 1.21. The molecule has 1 fully saturated rings. The predicted molar refractivity (Wildman–Crippen MR) is 69.0 cm³/mol. The molecule has 1 rings (SSSR count). The zero-order chi connectivity index (χ0) is 12.7. The molecule has 1 heterocycles. The third kappa shape index (κ3) is 4.64. The third-order valence-electron chi connectivity index (χ3n) is 3.65. The van der Waals surface area contributed by atoms with E-state index < -0.39 is 0 Å². The Morgan fingerprint density at radius 1 is 1.41 bits per heavy atom. The van der Waals surface area contributed by atoms with Crippen molar-refractivity contribution in [2.45, 2.75) is 26.7 Å². The second kappa shape index (κ2) is 7.67. The first-order chi connectivity index (χ1) is 8.21. The highest BCUT2D eigenvalue weighted by molar-refractivity contribution is 5.72. The van der Waals surface area contributed by atoms with Crippen LogP contribution < -0.4 is 0 Å². The molecule has 100 valence electrons. The number of ether oxygens (including phenoxy) is 1. The molecule has 0 saturated carbocycles. The molecule has 0 amide bonds. The Hall–Kier alpha value is -0.610. The van der Waals surface area contributed by atoms with E-state index in [1.165, 1.54) is 13.5 Å². The number of rotatable bonds is 7. The summed E-state index contributed by atoms with van der Waals surface area (Å²) >= 11 is 0. The summed E-state index contributed by atoms with van der Waals surface area (Å²) in [5.41, 5.74) is 0. The van der Waals surface area contributed by atoms with Gasteiger partial charge in [0.1, 0.15) is 0 Å². The van der Waals surface area contributed by atoms with Crippen LogP contribution in [0.1, 0.15) is 26.7 Å². The Morgan fingerprint density at radius 2 is 2.12 bits per heavy atom. The quantitative estimate of drug-likeness (QED) is 0.628. The van der Waals surface area contributed by atoms with Crippen molar-refractivity contribution in [3.8, 4) is 0 Å². The molecule has 0 bridgehead atoms. The monoisotopic (exact) mass is 242 g/mol. The molecule has 0 N–H and O–H groups in total. The first-order valence-corrected chi connectivity index (χ1v) is 6.73. The Labute approximate surface area is 105 Å². The molecular weight excluding hydrogens is 216 g/mol. The lowest BCUT2D eigenvalue weighted by Gasteiger charge is -2.20. The molecule has 0 aromatic rings. The number of hydrogen-bond donors (Lipinski definition) is 0. The number of nitrogens with zero attached hydrogens (tertiary/aromatic N) is 2. The summed E-state index contributed by atoms with van der Waals surface area (Å²) in [7, 11) is 1.48. The topological polar surface area (TPSA) is 32.8 Å². The number of carbonyl (C=O) groups is 1. The van der Waals surface area contributed by atoms with E-state index in [2.05, 4.69) is 23.6 Å². The fourth-order valence-electron chi connectivity index (χ4n) is 2.45. The van der Waals surface area contributed by atoms with Crippen molar-refractivity contribution in [3.05, 3.63) is 0 Å². The molecule has 1 aliphatic rings. The second-order valence-corrected chi connectivity index (χ2v) is 4.69. The minimum absolute atomic E-state index is 0.0451. The number of esters is 1. The van der Waals surface area contributed by atoms with Gasteiger partial charge in [0.05, 0.1) is 13.0 Å². The van der Waals surface area contributed by atoms with Crippen molar-refractivity contribution in [3.63, 3.8) is 0 Å². The standard InChI is InChI=1S/C13H26N2O2/c1-4-14(5-2)8-6-9-15-10-7-12(11-15)13(16)17-3/h12H,4-11H2,1-3H3. The van der Waals surface area contributed by atoms with Crippen molar-refractivity contribution in [2.24, 2.45) is 5.92 Å². The number of hydrogen-bond acceptors (Lipinski definition) is 4. The lowest BCUT2D eigenvalue weighted by atomic mass is 10.1. The van der Waals surface area contributed by atoms with Crippen LogP contribution in [0.15, 0.2) is 0 Å². The van der Waals surface area contributed by atoms with Gasteiger partial charge in [-0.15, -0.1) is 0 Å². The molecule has 1 atom stereocenters. The van der Waals surface area contributed by atoms with E-state index in [0.29, 0.717) is 0 Å². The Bertz CT molecular complexity index is 229. The molecule has 0 radical (unpaired) electrons. The molecule has 1 aliphatic heterocycles. The molecular formula is C13H26N2O2. The summed E-state index contributed by atoms with van der Waals surface area (Å²) in [5.74, 6) is 0.0599. The van der Waals surface area contributed by atoms with Gasteiger partial charge in [-0.1, -0.05) is 13.8 Å². The van der Waals surface area contributed by atoms with Crippen LogP contribution in [0.3, 0.4) is 0 Å². The molecule has 17 heavy (non-hydrogen) atoms. The lowest BCUT2D eigenvalue weighted by molar-refractivity contribution is -0.144. The summed E-state index contributed by atoms with van der Waals surface area (Å²) < 4.78 is 4.79. The molecule has 1 saturated heterocycles. The van der Waals surface area contributed by atoms with E-state index in [9.17, 15) is 4.79 Å². The van der Waals surface area contributed by atoms with Crippen LogP contribution in [0.2, 0.25) is 0 Å². The Kier molecular flexibility index (Phi) is 6.52. The summed E-state index contributed by atoms with van der Waals surface area (Å²) in [6.45, 7) is 10.8. The Morgan fingerprint density at radius 3 is 2.71 bits per heavy atom. The fraction of sp³-hybridized carbons (Fsp3) is 0.923. The first kappa shape index (κ1) is 14.5. The van der Waals surface area contributed by atoms with Crippen LogP contribution in [0, 0.1) is 5.92 Å². The zero-order valence-corrected chi connectivity index (χ0v) is 11.4. The molecule has 0 aliphatic carbocycles. The van der Waals surface area contributed by atoms with E-state index in [1.807, 2.05) is 0 Å². The van der Waals surface area contributed by atoms with Gasteiger partial charge in [-0.3, -0.25) is 4.79 Å². The smallest absolute Gasteiger partial charge is 0.310 e.